The van der Waals surface area contributed by atoms with Crippen LogP contribution in [0.1, 0.15) is 15.2 Å². The van der Waals surface area contributed by atoms with Crippen LogP contribution >= 0.6 is 23.1 Å². The number of carbonyl (C=O) groups is 1. The molecule has 27 heavy (non-hydrogen) atoms. The van der Waals surface area contributed by atoms with Crippen LogP contribution < -0.4 is 15.9 Å². The Kier molecular flexibility index (Phi) is 4.85. The van der Waals surface area contributed by atoms with E-state index in [2.05, 4.69) is 25.2 Å². The molecule has 0 saturated heterocycles. The van der Waals surface area contributed by atoms with E-state index in [1.807, 2.05) is 37.3 Å². The Balaban J connectivity index is 1.54. The number of pyridine rings is 1. The zero-order valence-corrected chi connectivity index (χ0v) is 15.9. The molecule has 1 aliphatic rings. The van der Waals surface area contributed by atoms with E-state index in [4.69, 9.17) is 11.6 Å². The number of hydrogen-bond acceptors (Lipinski definition) is 7. The Morgan fingerprint density at radius 3 is 2.85 bits per heavy atom. The third kappa shape index (κ3) is 3.55. The Labute approximate surface area is 164 Å². The number of hydrazine groups is 1. The highest BCUT2D eigenvalue weighted by atomic mass is 35.5. The SMILES string of the molecule is Cc1c(-c2ccccc2)nsc1C(=O)Nc1cnc(N2N=CCN2)c(Cl)c1. The van der Waals surface area contributed by atoms with E-state index < -0.39 is 0 Å². The maximum absolute atomic E-state index is 12.7. The Bertz CT molecular complexity index is 1020. The minimum absolute atomic E-state index is 0.241. The molecule has 0 fully saturated rings. The van der Waals surface area contributed by atoms with Crippen molar-refractivity contribution in [3.05, 3.63) is 58.1 Å². The number of amides is 1. The van der Waals surface area contributed by atoms with Gasteiger partial charge in [0.15, 0.2) is 5.82 Å². The number of benzene rings is 1. The quantitative estimate of drug-likeness (QED) is 0.699. The molecule has 0 unspecified atom stereocenters. The fourth-order valence-corrected chi connectivity index (χ4v) is 3.71. The third-order valence-corrected chi connectivity index (χ3v) is 5.21. The highest BCUT2D eigenvalue weighted by Crippen LogP contribution is 2.29. The Morgan fingerprint density at radius 1 is 1.33 bits per heavy atom. The second kappa shape index (κ2) is 7.43. The molecule has 3 heterocycles. The van der Waals surface area contributed by atoms with Crippen LogP contribution in [0, 0.1) is 6.92 Å². The summed E-state index contributed by atoms with van der Waals surface area (Å²) in [5.41, 5.74) is 6.14. The molecule has 0 aliphatic carbocycles. The van der Waals surface area contributed by atoms with E-state index in [9.17, 15) is 4.79 Å². The normalized spacial score (nSPS) is 13.2. The van der Waals surface area contributed by atoms with Crippen molar-refractivity contribution in [1.29, 1.82) is 0 Å². The lowest BCUT2D eigenvalue weighted by Gasteiger charge is -2.15. The molecule has 1 aromatic carbocycles. The van der Waals surface area contributed by atoms with Crippen molar-refractivity contribution in [2.45, 2.75) is 6.92 Å². The topological polar surface area (TPSA) is 82.5 Å². The molecule has 0 radical (unpaired) electrons. The molecule has 0 bridgehead atoms. The van der Waals surface area contributed by atoms with Crippen LogP contribution in [0.2, 0.25) is 5.02 Å². The molecule has 4 rings (SSSR count). The van der Waals surface area contributed by atoms with Crippen molar-refractivity contribution >= 4 is 46.8 Å². The minimum atomic E-state index is -0.241. The number of rotatable bonds is 4. The third-order valence-electron chi connectivity index (χ3n) is 3.99. The monoisotopic (exact) mass is 398 g/mol. The molecule has 0 atom stereocenters. The Morgan fingerprint density at radius 2 is 2.15 bits per heavy atom. The first-order chi connectivity index (χ1) is 13.1. The fraction of sp³-hybridized carbons (Fsp3) is 0.111. The van der Waals surface area contributed by atoms with Crippen molar-refractivity contribution in [3.8, 4) is 11.3 Å². The molecule has 1 amide bonds. The summed E-state index contributed by atoms with van der Waals surface area (Å²) in [5.74, 6) is 0.235. The van der Waals surface area contributed by atoms with Gasteiger partial charge in [0.1, 0.15) is 4.88 Å². The number of aromatic nitrogens is 2. The van der Waals surface area contributed by atoms with E-state index in [1.54, 1.807) is 18.5 Å². The number of nitrogens with zero attached hydrogens (tertiary/aromatic N) is 4. The van der Waals surface area contributed by atoms with Gasteiger partial charge >= 0.3 is 0 Å². The fourth-order valence-electron chi connectivity index (χ4n) is 2.68. The summed E-state index contributed by atoms with van der Waals surface area (Å²) in [6, 6.07) is 11.4. The van der Waals surface area contributed by atoms with Gasteiger partial charge in [-0.15, -0.1) is 0 Å². The molecule has 2 N–H and O–H groups in total. The average Bonchev–Trinajstić information content (AvgIpc) is 3.32. The van der Waals surface area contributed by atoms with Crippen LogP contribution in [0.5, 0.6) is 0 Å². The van der Waals surface area contributed by atoms with Gasteiger partial charge in [-0.2, -0.15) is 14.6 Å². The number of halogens is 1. The predicted molar refractivity (Wildman–Crippen MR) is 108 cm³/mol. The number of hydrazone groups is 1. The van der Waals surface area contributed by atoms with Crippen LogP contribution in [-0.2, 0) is 0 Å². The summed E-state index contributed by atoms with van der Waals surface area (Å²) < 4.78 is 4.44. The van der Waals surface area contributed by atoms with E-state index in [0.29, 0.717) is 27.9 Å². The van der Waals surface area contributed by atoms with E-state index in [1.165, 1.54) is 16.7 Å². The molecule has 0 spiro atoms. The van der Waals surface area contributed by atoms with Gasteiger partial charge in [0, 0.05) is 17.3 Å². The summed E-state index contributed by atoms with van der Waals surface area (Å²) in [7, 11) is 0. The van der Waals surface area contributed by atoms with Crippen LogP contribution in [-0.4, -0.2) is 28.0 Å². The van der Waals surface area contributed by atoms with Crippen LogP contribution in [0.4, 0.5) is 11.5 Å². The summed E-state index contributed by atoms with van der Waals surface area (Å²) in [5, 5.41) is 8.81. The zero-order chi connectivity index (χ0) is 18.8. The molecule has 3 aromatic rings. The van der Waals surface area contributed by atoms with Crippen LogP contribution in [0.3, 0.4) is 0 Å². The number of carbonyl (C=O) groups excluding carboxylic acids is 1. The lowest BCUT2D eigenvalue weighted by molar-refractivity contribution is 0.103. The first-order valence-electron chi connectivity index (χ1n) is 8.18. The summed E-state index contributed by atoms with van der Waals surface area (Å²) in [6.07, 6.45) is 3.26. The van der Waals surface area contributed by atoms with E-state index in [0.717, 1.165) is 16.8 Å². The molecular weight excluding hydrogens is 384 g/mol. The lowest BCUT2D eigenvalue weighted by Crippen LogP contribution is -2.29. The van der Waals surface area contributed by atoms with Gasteiger partial charge in [0.05, 0.1) is 29.1 Å². The van der Waals surface area contributed by atoms with Gasteiger partial charge in [0.25, 0.3) is 5.91 Å². The maximum Gasteiger partial charge on any atom is 0.267 e. The second-order valence-electron chi connectivity index (χ2n) is 5.81. The first-order valence-corrected chi connectivity index (χ1v) is 9.33. The highest BCUT2D eigenvalue weighted by Gasteiger charge is 2.19. The van der Waals surface area contributed by atoms with Crippen molar-refractivity contribution in [2.24, 2.45) is 5.10 Å². The molecule has 7 nitrogen and oxygen atoms in total. The Hall–Kier alpha value is -2.81. The predicted octanol–water partition coefficient (Wildman–Crippen LogP) is 3.73. The molecule has 136 valence electrons. The number of nitrogens with one attached hydrogen (secondary N) is 2. The van der Waals surface area contributed by atoms with Gasteiger partial charge in [-0.3, -0.25) is 4.79 Å². The van der Waals surface area contributed by atoms with Crippen molar-refractivity contribution in [3.63, 3.8) is 0 Å². The summed E-state index contributed by atoms with van der Waals surface area (Å²) >= 11 is 7.45. The largest absolute Gasteiger partial charge is 0.320 e. The standard InChI is InChI=1S/C18H15ClN6OS/c1-11-15(12-5-3-2-4-6-12)24-27-16(11)18(26)23-13-9-14(19)17(20-10-13)25-21-7-8-22-25/h2-7,9-10,22H,8H2,1H3,(H,23,26). The van der Waals surface area contributed by atoms with Crippen LogP contribution in [0.25, 0.3) is 11.3 Å². The number of hydrogen-bond donors (Lipinski definition) is 2. The molecular formula is C18H15ClN6OS. The van der Waals surface area contributed by atoms with Crippen molar-refractivity contribution in [2.75, 3.05) is 17.0 Å². The summed E-state index contributed by atoms with van der Waals surface area (Å²) in [6.45, 7) is 2.51. The molecule has 1 aliphatic heterocycles. The second-order valence-corrected chi connectivity index (χ2v) is 6.99. The average molecular weight is 399 g/mol. The summed E-state index contributed by atoms with van der Waals surface area (Å²) in [4.78, 5) is 17.5. The molecule has 2 aromatic heterocycles. The van der Waals surface area contributed by atoms with Gasteiger partial charge in [0.2, 0.25) is 0 Å². The number of anilines is 2. The zero-order valence-electron chi connectivity index (χ0n) is 14.3. The van der Waals surface area contributed by atoms with Gasteiger partial charge < -0.3 is 5.32 Å². The molecule has 9 heteroatoms. The van der Waals surface area contributed by atoms with Gasteiger partial charge in [-0.1, -0.05) is 41.9 Å². The smallest absolute Gasteiger partial charge is 0.267 e. The van der Waals surface area contributed by atoms with Crippen LogP contribution in [0.15, 0.2) is 47.7 Å². The minimum Gasteiger partial charge on any atom is -0.320 e. The van der Waals surface area contributed by atoms with Gasteiger partial charge in [-0.05, 0) is 24.5 Å². The molecule has 0 saturated carbocycles. The first kappa shape index (κ1) is 17.6. The highest BCUT2D eigenvalue weighted by molar-refractivity contribution is 7.08. The van der Waals surface area contributed by atoms with Crippen molar-refractivity contribution < 1.29 is 4.79 Å². The van der Waals surface area contributed by atoms with Gasteiger partial charge in [-0.25, -0.2) is 10.4 Å². The van der Waals surface area contributed by atoms with Crippen molar-refractivity contribution in [1.82, 2.24) is 14.8 Å². The lowest BCUT2D eigenvalue weighted by atomic mass is 10.1. The van der Waals surface area contributed by atoms with E-state index in [-0.39, 0.29) is 5.91 Å². The van der Waals surface area contributed by atoms with E-state index >= 15 is 0 Å². The maximum atomic E-state index is 12.7.